The van der Waals surface area contributed by atoms with E-state index in [0.717, 1.165) is 16.6 Å². The Bertz CT molecular complexity index is 618. The number of methoxy groups -OCH3 is 1. The lowest BCUT2D eigenvalue weighted by Gasteiger charge is -2.03. The molecule has 0 atom stereocenters. The van der Waals surface area contributed by atoms with Crippen molar-refractivity contribution in [3.63, 3.8) is 0 Å². The second-order valence-corrected chi connectivity index (χ2v) is 4.76. The van der Waals surface area contributed by atoms with Gasteiger partial charge in [-0.3, -0.25) is 10.2 Å². The number of esters is 1. The number of carbonyl (C=O) groups excluding carboxylic acids is 1. The topological polar surface area (TPSA) is 55.1 Å². The Morgan fingerprint density at radius 3 is 2.83 bits per heavy atom. The first-order chi connectivity index (χ1) is 8.15. The smallest absolute Gasteiger partial charge is 0.325 e. The molecule has 98 valence electrons. The number of rotatable bonds is 3. The maximum Gasteiger partial charge on any atom is 0.325 e. The molecule has 0 aliphatic heterocycles. The molecule has 1 aromatic heterocycles. The largest absolute Gasteiger partial charge is 0.468 e. The average Bonchev–Trinajstić information content (AvgIpc) is 2.64. The predicted octanol–water partition coefficient (Wildman–Crippen LogP) is 2.50. The van der Waals surface area contributed by atoms with Crippen LogP contribution in [0.2, 0.25) is 0 Å². The van der Waals surface area contributed by atoms with Gasteiger partial charge in [0.25, 0.3) is 0 Å². The number of hydrogen-bond donors (Lipinski definition) is 1. The quantitative estimate of drug-likeness (QED) is 0.879. The molecule has 1 N–H and O–H groups in total. The van der Waals surface area contributed by atoms with Crippen molar-refractivity contribution in [1.82, 2.24) is 4.57 Å². The van der Waals surface area contributed by atoms with Crippen molar-refractivity contribution < 1.29 is 9.53 Å². The number of carbonyl (C=O) groups is 1. The molecular formula is C12H15BrN2O2S. The van der Waals surface area contributed by atoms with E-state index in [4.69, 9.17) is 5.41 Å². The van der Waals surface area contributed by atoms with E-state index in [0.29, 0.717) is 4.80 Å². The number of benzene rings is 1. The summed E-state index contributed by atoms with van der Waals surface area (Å²) in [5.41, 5.74) is 2.16. The summed E-state index contributed by atoms with van der Waals surface area (Å²) in [6.07, 6.45) is 0.970. The van der Waals surface area contributed by atoms with Crippen LogP contribution < -0.4 is 4.80 Å². The third-order valence-corrected chi connectivity index (χ3v) is 3.65. The molecule has 18 heavy (non-hydrogen) atoms. The highest BCUT2D eigenvalue weighted by Gasteiger charge is 2.09. The third-order valence-electron chi connectivity index (χ3n) is 2.69. The zero-order valence-corrected chi connectivity index (χ0v) is 12.8. The van der Waals surface area contributed by atoms with Gasteiger partial charge in [0.15, 0.2) is 4.80 Å². The van der Waals surface area contributed by atoms with Gasteiger partial charge in [0, 0.05) is 0 Å². The number of nitrogens with one attached hydrogen (secondary N) is 1. The van der Waals surface area contributed by atoms with Gasteiger partial charge in [-0.1, -0.05) is 24.3 Å². The monoisotopic (exact) mass is 330 g/mol. The third kappa shape index (κ3) is 2.81. The number of hydrogen-bond acceptors (Lipinski definition) is 4. The number of thiazole rings is 1. The van der Waals surface area contributed by atoms with Crippen molar-refractivity contribution in [3.05, 3.63) is 28.6 Å². The second kappa shape index (κ2) is 6.15. The number of aromatic nitrogens is 1. The van der Waals surface area contributed by atoms with Gasteiger partial charge >= 0.3 is 5.97 Å². The van der Waals surface area contributed by atoms with Gasteiger partial charge in [-0.2, -0.15) is 0 Å². The number of nitrogens with zero attached hydrogens (tertiary/aromatic N) is 1. The van der Waals surface area contributed by atoms with Crippen LogP contribution in [0, 0.1) is 5.41 Å². The molecule has 0 saturated carbocycles. The standard InChI is InChI=1S/C12H14N2O2S.BrH/c1-3-8-4-5-9-10(6-8)17-12(13)14(9)7-11(15)16-2;/h4-6,13H,3,7H2,1-2H3;1H. The number of aryl methyl sites for hydroxylation is 1. The van der Waals surface area contributed by atoms with Crippen LogP contribution in [-0.2, 0) is 22.5 Å². The van der Waals surface area contributed by atoms with Crippen LogP contribution in [0.5, 0.6) is 0 Å². The predicted molar refractivity (Wildman–Crippen MR) is 77.4 cm³/mol. The van der Waals surface area contributed by atoms with Gasteiger partial charge < -0.3 is 9.30 Å². The molecule has 0 aliphatic rings. The zero-order chi connectivity index (χ0) is 12.4. The minimum absolute atomic E-state index is 0. The van der Waals surface area contributed by atoms with E-state index in [1.165, 1.54) is 24.0 Å². The zero-order valence-electron chi connectivity index (χ0n) is 10.2. The summed E-state index contributed by atoms with van der Waals surface area (Å²) in [5, 5.41) is 7.87. The Kier molecular flexibility index (Phi) is 5.10. The fourth-order valence-electron chi connectivity index (χ4n) is 1.70. The summed E-state index contributed by atoms with van der Waals surface area (Å²) in [6.45, 7) is 2.19. The first kappa shape index (κ1) is 14.9. The lowest BCUT2D eigenvalue weighted by Crippen LogP contribution is -2.20. The SMILES string of the molecule is Br.CCc1ccc2c(c1)sc(=N)n2CC(=O)OC. The van der Waals surface area contributed by atoms with Gasteiger partial charge in [-0.15, -0.1) is 17.0 Å². The Balaban J connectivity index is 0.00000162. The fraction of sp³-hybridized carbons (Fsp3) is 0.333. The number of fused-ring (bicyclic) bond motifs is 1. The molecule has 0 bridgehead atoms. The lowest BCUT2D eigenvalue weighted by molar-refractivity contribution is -0.141. The highest BCUT2D eigenvalue weighted by atomic mass is 79.9. The molecule has 0 aliphatic carbocycles. The number of ether oxygens (including phenoxy) is 1. The summed E-state index contributed by atoms with van der Waals surface area (Å²) in [6, 6.07) is 6.07. The van der Waals surface area contributed by atoms with Gasteiger partial charge in [0.05, 0.1) is 17.3 Å². The van der Waals surface area contributed by atoms with Crippen LogP contribution in [0.25, 0.3) is 10.2 Å². The highest BCUT2D eigenvalue weighted by Crippen LogP contribution is 2.19. The van der Waals surface area contributed by atoms with E-state index < -0.39 is 0 Å². The summed E-state index contributed by atoms with van der Waals surface area (Å²) in [4.78, 5) is 11.7. The van der Waals surface area contributed by atoms with Crippen molar-refractivity contribution in [2.24, 2.45) is 0 Å². The molecule has 6 heteroatoms. The molecule has 0 fully saturated rings. The fourth-order valence-corrected chi connectivity index (χ4v) is 2.68. The van der Waals surface area contributed by atoms with E-state index in [-0.39, 0.29) is 29.5 Å². The van der Waals surface area contributed by atoms with E-state index in [1.807, 2.05) is 12.1 Å². The minimum atomic E-state index is -0.331. The molecule has 4 nitrogen and oxygen atoms in total. The number of halogens is 1. The van der Waals surface area contributed by atoms with Gasteiger partial charge in [-0.25, -0.2) is 0 Å². The summed E-state index contributed by atoms with van der Waals surface area (Å²) in [7, 11) is 1.36. The van der Waals surface area contributed by atoms with Crippen molar-refractivity contribution in [1.29, 1.82) is 5.41 Å². The van der Waals surface area contributed by atoms with Crippen molar-refractivity contribution in [2.45, 2.75) is 19.9 Å². The van der Waals surface area contributed by atoms with Gasteiger partial charge in [0.1, 0.15) is 6.54 Å². The molecule has 0 spiro atoms. The Hall–Kier alpha value is -1.14. The summed E-state index contributed by atoms with van der Waals surface area (Å²) >= 11 is 1.38. The van der Waals surface area contributed by atoms with Crippen molar-refractivity contribution in [2.75, 3.05) is 7.11 Å². The highest BCUT2D eigenvalue weighted by molar-refractivity contribution is 8.93. The summed E-state index contributed by atoms with van der Waals surface area (Å²) < 4.78 is 7.35. The molecule has 0 amide bonds. The van der Waals surface area contributed by atoms with Gasteiger partial charge in [-0.05, 0) is 24.1 Å². The average molecular weight is 331 g/mol. The molecule has 2 rings (SSSR count). The van der Waals surface area contributed by atoms with E-state index in [1.54, 1.807) is 4.57 Å². The molecular weight excluding hydrogens is 316 g/mol. The van der Waals surface area contributed by atoms with Crippen LogP contribution in [0.3, 0.4) is 0 Å². The van der Waals surface area contributed by atoms with Crippen LogP contribution in [0.1, 0.15) is 12.5 Å². The maximum absolute atomic E-state index is 11.3. The molecule has 0 unspecified atom stereocenters. The van der Waals surface area contributed by atoms with Crippen LogP contribution in [0.4, 0.5) is 0 Å². The van der Waals surface area contributed by atoms with Crippen LogP contribution >= 0.6 is 28.3 Å². The van der Waals surface area contributed by atoms with Crippen molar-refractivity contribution in [3.8, 4) is 0 Å². The second-order valence-electron chi connectivity index (χ2n) is 3.73. The van der Waals surface area contributed by atoms with E-state index in [9.17, 15) is 4.79 Å². The lowest BCUT2D eigenvalue weighted by atomic mass is 10.2. The molecule has 0 radical (unpaired) electrons. The minimum Gasteiger partial charge on any atom is -0.468 e. The van der Waals surface area contributed by atoms with E-state index in [2.05, 4.69) is 17.7 Å². The first-order valence-electron chi connectivity index (χ1n) is 5.39. The van der Waals surface area contributed by atoms with E-state index >= 15 is 0 Å². The molecule has 1 aromatic carbocycles. The van der Waals surface area contributed by atoms with Crippen LogP contribution in [0.15, 0.2) is 18.2 Å². The Morgan fingerprint density at radius 2 is 2.22 bits per heavy atom. The molecule has 2 aromatic rings. The molecule has 1 heterocycles. The van der Waals surface area contributed by atoms with Crippen LogP contribution in [-0.4, -0.2) is 17.6 Å². The molecule has 0 saturated heterocycles. The normalized spacial score (nSPS) is 10.1. The summed E-state index contributed by atoms with van der Waals surface area (Å²) in [5.74, 6) is -0.331. The first-order valence-corrected chi connectivity index (χ1v) is 6.21. The maximum atomic E-state index is 11.3. The Morgan fingerprint density at radius 1 is 1.50 bits per heavy atom. The Labute approximate surface area is 119 Å². The van der Waals surface area contributed by atoms with Gasteiger partial charge in [0.2, 0.25) is 0 Å². The van der Waals surface area contributed by atoms with Crippen molar-refractivity contribution >= 4 is 44.5 Å².